The summed E-state index contributed by atoms with van der Waals surface area (Å²) >= 11 is 0. The van der Waals surface area contributed by atoms with E-state index in [0.717, 1.165) is 19.4 Å². The molecule has 0 aliphatic heterocycles. The lowest BCUT2D eigenvalue weighted by Crippen LogP contribution is -2.09. The summed E-state index contributed by atoms with van der Waals surface area (Å²) in [6.07, 6.45) is 11.1. The Morgan fingerprint density at radius 2 is 1.53 bits per heavy atom. The first kappa shape index (κ1) is 16.9. The van der Waals surface area contributed by atoms with Crippen LogP contribution in [-0.2, 0) is 4.74 Å². The van der Waals surface area contributed by atoms with Crippen LogP contribution in [0.15, 0.2) is 0 Å². The molecule has 0 aromatic carbocycles. The first-order valence-corrected chi connectivity index (χ1v) is 7.46. The molecule has 0 aliphatic carbocycles. The lowest BCUT2D eigenvalue weighted by atomic mass is 10.1. The van der Waals surface area contributed by atoms with Gasteiger partial charge >= 0.3 is 0 Å². The van der Waals surface area contributed by atoms with Crippen molar-refractivity contribution in [2.75, 3.05) is 6.61 Å². The molecule has 1 N–H and O–H groups in total. The Balaban J connectivity index is 3.13. The lowest BCUT2D eigenvalue weighted by Gasteiger charge is -2.12. The molecule has 0 aliphatic rings. The molecule has 0 heterocycles. The predicted octanol–water partition coefficient (Wildman–Crippen LogP) is 4.30. The average molecular weight is 244 g/mol. The zero-order chi connectivity index (χ0) is 12.9. The van der Waals surface area contributed by atoms with Crippen LogP contribution in [0.25, 0.3) is 0 Å². The first-order chi connectivity index (χ1) is 8.16. The maximum absolute atomic E-state index is 9.12. The first-order valence-electron chi connectivity index (χ1n) is 7.46. The van der Waals surface area contributed by atoms with E-state index in [2.05, 4.69) is 13.8 Å². The topological polar surface area (TPSA) is 29.5 Å². The quantitative estimate of drug-likeness (QED) is 0.519. The second-order valence-corrected chi connectivity index (χ2v) is 5.23. The van der Waals surface area contributed by atoms with Crippen LogP contribution in [0.1, 0.15) is 78.6 Å². The molecule has 0 spiro atoms. The summed E-state index contributed by atoms with van der Waals surface area (Å²) in [7, 11) is 0. The van der Waals surface area contributed by atoms with Crippen LogP contribution < -0.4 is 0 Å². The Kier molecular flexibility index (Phi) is 12.3. The molecular formula is C15H32O2. The fourth-order valence-electron chi connectivity index (χ4n) is 1.95. The Hall–Kier alpha value is -0.0800. The summed E-state index contributed by atoms with van der Waals surface area (Å²) < 4.78 is 5.75. The predicted molar refractivity (Wildman–Crippen MR) is 74.3 cm³/mol. The number of unbranched alkanes of at least 4 members (excludes halogenated alkanes) is 5. The normalized spacial score (nSPS) is 14.8. The molecule has 0 rings (SSSR count). The molecule has 2 atom stereocenters. The highest BCUT2D eigenvalue weighted by atomic mass is 16.5. The van der Waals surface area contributed by atoms with E-state index in [1.54, 1.807) is 0 Å². The molecule has 0 amide bonds. The van der Waals surface area contributed by atoms with Gasteiger partial charge in [0, 0.05) is 6.61 Å². The summed E-state index contributed by atoms with van der Waals surface area (Å²) in [6, 6.07) is 0. The van der Waals surface area contributed by atoms with Crippen molar-refractivity contribution in [2.24, 2.45) is 0 Å². The van der Waals surface area contributed by atoms with E-state index in [0.29, 0.717) is 6.10 Å². The highest BCUT2D eigenvalue weighted by Crippen LogP contribution is 2.10. The Labute approximate surface area is 108 Å². The molecule has 2 unspecified atom stereocenters. The van der Waals surface area contributed by atoms with Crippen LogP contribution in [0.2, 0.25) is 0 Å². The molecule has 2 nitrogen and oxygen atoms in total. The Morgan fingerprint density at radius 1 is 0.882 bits per heavy atom. The molecule has 0 aromatic rings. The van der Waals surface area contributed by atoms with Crippen molar-refractivity contribution in [1.29, 1.82) is 0 Å². The molecule has 0 radical (unpaired) electrons. The van der Waals surface area contributed by atoms with Crippen molar-refractivity contribution < 1.29 is 9.84 Å². The molecule has 0 aromatic heterocycles. The van der Waals surface area contributed by atoms with Crippen molar-refractivity contribution in [3.05, 3.63) is 0 Å². The summed E-state index contributed by atoms with van der Waals surface area (Å²) in [6.45, 7) is 7.20. The smallest absolute Gasteiger partial charge is 0.0547 e. The summed E-state index contributed by atoms with van der Waals surface area (Å²) in [5.41, 5.74) is 0. The summed E-state index contributed by atoms with van der Waals surface area (Å²) in [5, 5.41) is 9.12. The molecule has 0 fully saturated rings. The number of hydrogen-bond donors (Lipinski definition) is 1. The Bertz CT molecular complexity index is 146. The molecule has 17 heavy (non-hydrogen) atoms. The van der Waals surface area contributed by atoms with Crippen molar-refractivity contribution in [1.82, 2.24) is 0 Å². The van der Waals surface area contributed by atoms with E-state index in [4.69, 9.17) is 9.84 Å². The second-order valence-electron chi connectivity index (χ2n) is 5.23. The summed E-state index contributed by atoms with van der Waals surface area (Å²) in [5.74, 6) is 0. The fraction of sp³-hybridized carbons (Fsp3) is 1.00. The van der Waals surface area contributed by atoms with Gasteiger partial charge in [-0.1, -0.05) is 45.4 Å². The SMILES string of the molecule is CCCCCOC(C)CCCCCCC(C)O. The molecule has 0 saturated carbocycles. The number of ether oxygens (including phenoxy) is 1. The minimum atomic E-state index is -0.129. The maximum atomic E-state index is 9.12. The van der Waals surface area contributed by atoms with Crippen LogP contribution in [0.5, 0.6) is 0 Å². The monoisotopic (exact) mass is 244 g/mol. The molecule has 0 saturated heterocycles. The van der Waals surface area contributed by atoms with E-state index in [-0.39, 0.29) is 6.10 Å². The molecule has 104 valence electrons. The van der Waals surface area contributed by atoms with Gasteiger partial charge in [0.1, 0.15) is 0 Å². The number of rotatable bonds is 12. The van der Waals surface area contributed by atoms with Gasteiger partial charge in [-0.3, -0.25) is 0 Å². The third-order valence-electron chi connectivity index (χ3n) is 3.13. The number of aliphatic hydroxyl groups excluding tert-OH is 1. The van der Waals surface area contributed by atoms with Crippen LogP contribution in [0.3, 0.4) is 0 Å². The average Bonchev–Trinajstić information content (AvgIpc) is 2.29. The van der Waals surface area contributed by atoms with Gasteiger partial charge in [0.15, 0.2) is 0 Å². The largest absolute Gasteiger partial charge is 0.393 e. The van der Waals surface area contributed by atoms with Crippen molar-refractivity contribution in [2.45, 2.75) is 90.8 Å². The lowest BCUT2D eigenvalue weighted by molar-refractivity contribution is 0.0558. The number of hydrogen-bond acceptors (Lipinski definition) is 2. The van der Waals surface area contributed by atoms with Gasteiger partial charge in [0.25, 0.3) is 0 Å². The van der Waals surface area contributed by atoms with Crippen molar-refractivity contribution >= 4 is 0 Å². The van der Waals surface area contributed by atoms with Crippen molar-refractivity contribution in [3.63, 3.8) is 0 Å². The minimum Gasteiger partial charge on any atom is -0.393 e. The van der Waals surface area contributed by atoms with E-state index in [1.807, 2.05) is 6.92 Å². The van der Waals surface area contributed by atoms with Crippen LogP contribution in [-0.4, -0.2) is 23.9 Å². The van der Waals surface area contributed by atoms with Crippen molar-refractivity contribution in [3.8, 4) is 0 Å². The number of aliphatic hydroxyl groups is 1. The third kappa shape index (κ3) is 13.9. The van der Waals surface area contributed by atoms with Gasteiger partial charge in [-0.05, 0) is 33.1 Å². The maximum Gasteiger partial charge on any atom is 0.0547 e. The third-order valence-corrected chi connectivity index (χ3v) is 3.13. The van der Waals surface area contributed by atoms with E-state index in [1.165, 1.54) is 44.9 Å². The van der Waals surface area contributed by atoms with Crippen LogP contribution in [0, 0.1) is 0 Å². The Morgan fingerprint density at radius 3 is 2.12 bits per heavy atom. The standard InChI is InChI=1S/C15H32O2/c1-4-5-10-13-17-15(3)12-9-7-6-8-11-14(2)16/h14-16H,4-13H2,1-3H3. The fourth-order valence-corrected chi connectivity index (χ4v) is 1.95. The molecular weight excluding hydrogens is 212 g/mol. The zero-order valence-electron chi connectivity index (χ0n) is 12.1. The van der Waals surface area contributed by atoms with Gasteiger partial charge < -0.3 is 9.84 Å². The van der Waals surface area contributed by atoms with Gasteiger partial charge in [-0.2, -0.15) is 0 Å². The van der Waals surface area contributed by atoms with E-state index < -0.39 is 0 Å². The molecule has 0 bridgehead atoms. The van der Waals surface area contributed by atoms with Crippen LogP contribution in [0.4, 0.5) is 0 Å². The van der Waals surface area contributed by atoms with Gasteiger partial charge in [-0.15, -0.1) is 0 Å². The second kappa shape index (κ2) is 12.4. The zero-order valence-corrected chi connectivity index (χ0v) is 12.1. The van der Waals surface area contributed by atoms with Gasteiger partial charge in [0.05, 0.1) is 12.2 Å². The van der Waals surface area contributed by atoms with Crippen LogP contribution >= 0.6 is 0 Å². The molecule has 2 heteroatoms. The van der Waals surface area contributed by atoms with Gasteiger partial charge in [-0.25, -0.2) is 0 Å². The minimum absolute atomic E-state index is 0.129. The van der Waals surface area contributed by atoms with Gasteiger partial charge in [0.2, 0.25) is 0 Å². The highest BCUT2D eigenvalue weighted by molar-refractivity contribution is 4.54. The summed E-state index contributed by atoms with van der Waals surface area (Å²) in [4.78, 5) is 0. The van der Waals surface area contributed by atoms with E-state index in [9.17, 15) is 0 Å². The van der Waals surface area contributed by atoms with E-state index >= 15 is 0 Å². The highest BCUT2D eigenvalue weighted by Gasteiger charge is 2.02.